The Bertz CT molecular complexity index is 426. The first-order valence-corrected chi connectivity index (χ1v) is 7.98. The van der Waals surface area contributed by atoms with Crippen molar-refractivity contribution in [2.24, 2.45) is 0 Å². The van der Waals surface area contributed by atoms with E-state index in [1.54, 1.807) is 0 Å². The molecule has 0 bridgehead atoms. The van der Waals surface area contributed by atoms with Crippen LogP contribution in [-0.2, 0) is 0 Å². The highest BCUT2D eigenvalue weighted by Crippen LogP contribution is 2.24. The summed E-state index contributed by atoms with van der Waals surface area (Å²) in [6.07, 6.45) is 0. The molecule has 2 rings (SSSR count). The normalized spacial score (nSPS) is 11.2. The second-order valence-electron chi connectivity index (χ2n) is 4.56. The molecule has 0 atom stereocenters. The molecule has 0 aromatic heterocycles. The van der Waals surface area contributed by atoms with E-state index in [9.17, 15) is 0 Å². The van der Waals surface area contributed by atoms with Crippen molar-refractivity contribution in [1.29, 1.82) is 0 Å². The minimum absolute atomic E-state index is 0.488. The van der Waals surface area contributed by atoms with E-state index in [2.05, 4.69) is 79.1 Å². The van der Waals surface area contributed by atoms with Crippen molar-refractivity contribution in [1.82, 2.24) is 4.57 Å². The largest absolute Gasteiger partial charge is 0.325 e. The molecule has 0 fully saturated rings. The number of nitrogens with zero attached hydrogens (tertiary/aromatic N) is 1. The highest BCUT2D eigenvalue weighted by molar-refractivity contribution is 6.35. The Morgan fingerprint density at radius 2 is 1.21 bits per heavy atom. The number of hydrogen-bond acceptors (Lipinski definition) is 1. The molecule has 2 heteroatoms. The van der Waals surface area contributed by atoms with E-state index >= 15 is 0 Å². The van der Waals surface area contributed by atoms with E-state index in [4.69, 9.17) is 0 Å². The summed E-state index contributed by atoms with van der Waals surface area (Å²) in [7, 11) is 0.803. The van der Waals surface area contributed by atoms with Crippen LogP contribution in [-0.4, -0.2) is 27.3 Å². The van der Waals surface area contributed by atoms with E-state index in [0.717, 1.165) is 22.8 Å². The van der Waals surface area contributed by atoms with E-state index in [1.165, 1.54) is 11.1 Å². The predicted octanol–water partition coefficient (Wildman–Crippen LogP) is 3.74. The van der Waals surface area contributed by atoms with Crippen LogP contribution >= 0.6 is 0 Å². The van der Waals surface area contributed by atoms with Gasteiger partial charge >= 0.3 is 0 Å². The fourth-order valence-electron chi connectivity index (χ4n) is 2.22. The van der Waals surface area contributed by atoms with Crippen LogP contribution in [0.3, 0.4) is 0 Å². The summed E-state index contributed by atoms with van der Waals surface area (Å²) in [6, 6.07) is 21.7. The maximum absolute atomic E-state index is 2.52. The van der Waals surface area contributed by atoms with Gasteiger partial charge in [0.15, 0.2) is 9.68 Å². The molecule has 0 unspecified atom stereocenters. The third-order valence-electron chi connectivity index (χ3n) is 3.34. The molecular weight excluding hydrogens is 246 g/mol. The van der Waals surface area contributed by atoms with Crippen molar-refractivity contribution in [2.45, 2.75) is 19.4 Å². The predicted molar refractivity (Wildman–Crippen MR) is 83.4 cm³/mol. The van der Waals surface area contributed by atoms with Gasteiger partial charge in [0, 0.05) is 5.54 Å². The Balaban J connectivity index is 2.29. The lowest BCUT2D eigenvalue weighted by Gasteiger charge is -2.24. The molecule has 2 aromatic carbocycles. The maximum Gasteiger partial charge on any atom is 0.155 e. The van der Waals surface area contributed by atoms with Crippen LogP contribution in [0, 0.1) is 0 Å². The van der Waals surface area contributed by atoms with Crippen molar-refractivity contribution < 1.29 is 0 Å². The van der Waals surface area contributed by atoms with Gasteiger partial charge in [-0.15, -0.1) is 0 Å². The summed E-state index contributed by atoms with van der Waals surface area (Å²) in [5.41, 5.74) is 3.32. The van der Waals surface area contributed by atoms with Gasteiger partial charge in [0.25, 0.3) is 0 Å². The third kappa shape index (κ3) is 3.79. The van der Waals surface area contributed by atoms with Crippen LogP contribution in [0.5, 0.6) is 0 Å². The molecule has 2 radical (unpaired) electrons. The molecule has 1 nitrogen and oxygen atoms in total. The highest BCUT2D eigenvalue weighted by Gasteiger charge is 2.18. The fourth-order valence-corrected chi connectivity index (χ4v) is 3.63. The molecule has 0 N–H and O–H groups in total. The molecule has 0 aliphatic rings. The number of rotatable bonds is 6. The van der Waals surface area contributed by atoms with Crippen LogP contribution in [0.1, 0.15) is 30.5 Å². The van der Waals surface area contributed by atoms with Gasteiger partial charge in [-0.25, -0.2) is 0 Å². The summed E-state index contributed by atoms with van der Waals surface area (Å²) < 4.78 is 2.52. The molecule has 0 saturated heterocycles. The molecule has 2 aromatic rings. The standard InChI is InChI=1S/C17H21NSi/c1-3-18(4-2)19-17(15-11-7-5-8-12-15)16-13-9-6-10-14-16/h5-14,17H,3-4H2,1-2H3. The Kier molecular flexibility index (Phi) is 5.37. The first-order chi connectivity index (χ1) is 9.35. The Labute approximate surface area is 119 Å². The SMILES string of the molecule is CCN(CC)[Si]C(c1ccccc1)c1ccccc1. The van der Waals surface area contributed by atoms with Crippen molar-refractivity contribution >= 4 is 9.68 Å². The average Bonchev–Trinajstić information content (AvgIpc) is 2.50. The Morgan fingerprint density at radius 1 is 0.789 bits per heavy atom. The summed E-state index contributed by atoms with van der Waals surface area (Å²) >= 11 is 0. The molecule has 98 valence electrons. The van der Waals surface area contributed by atoms with Crippen molar-refractivity contribution in [3.05, 3.63) is 71.8 Å². The summed E-state index contributed by atoms with van der Waals surface area (Å²) in [5.74, 6) is 0. The van der Waals surface area contributed by atoms with Gasteiger partial charge in [-0.2, -0.15) is 0 Å². The first kappa shape index (κ1) is 14.0. The van der Waals surface area contributed by atoms with Gasteiger partial charge < -0.3 is 4.57 Å². The summed E-state index contributed by atoms with van der Waals surface area (Å²) in [6.45, 7) is 6.71. The first-order valence-electron chi connectivity index (χ1n) is 6.96. The van der Waals surface area contributed by atoms with Crippen molar-refractivity contribution in [3.8, 4) is 0 Å². The lowest BCUT2D eigenvalue weighted by atomic mass is 10.0. The van der Waals surface area contributed by atoms with Crippen LogP contribution < -0.4 is 0 Å². The third-order valence-corrected chi connectivity index (χ3v) is 5.26. The zero-order valence-corrected chi connectivity index (χ0v) is 12.7. The van der Waals surface area contributed by atoms with Crippen LogP contribution in [0.2, 0.25) is 0 Å². The molecule has 0 amide bonds. The second kappa shape index (κ2) is 7.27. The lowest BCUT2D eigenvalue weighted by molar-refractivity contribution is 0.488. The van der Waals surface area contributed by atoms with Crippen LogP contribution in [0.25, 0.3) is 0 Å². The molecule has 0 aliphatic carbocycles. The smallest absolute Gasteiger partial charge is 0.155 e. The molecule has 0 aliphatic heterocycles. The topological polar surface area (TPSA) is 3.24 Å². The molecule has 19 heavy (non-hydrogen) atoms. The van der Waals surface area contributed by atoms with Gasteiger partial charge in [-0.1, -0.05) is 74.5 Å². The highest BCUT2D eigenvalue weighted by atomic mass is 28.2. The monoisotopic (exact) mass is 267 g/mol. The fraction of sp³-hybridized carbons (Fsp3) is 0.294. The number of hydrogen-bond donors (Lipinski definition) is 0. The molecule has 0 saturated carbocycles. The van der Waals surface area contributed by atoms with Crippen molar-refractivity contribution in [2.75, 3.05) is 13.1 Å². The van der Waals surface area contributed by atoms with Gasteiger partial charge in [0.05, 0.1) is 0 Å². The Morgan fingerprint density at radius 3 is 1.58 bits per heavy atom. The van der Waals surface area contributed by atoms with Crippen LogP contribution in [0.4, 0.5) is 0 Å². The quantitative estimate of drug-likeness (QED) is 0.721. The zero-order valence-electron chi connectivity index (χ0n) is 11.7. The van der Waals surface area contributed by atoms with Crippen LogP contribution in [0.15, 0.2) is 60.7 Å². The van der Waals surface area contributed by atoms with E-state index in [1.807, 2.05) is 0 Å². The van der Waals surface area contributed by atoms with Crippen molar-refractivity contribution in [3.63, 3.8) is 0 Å². The second-order valence-corrected chi connectivity index (χ2v) is 6.02. The minimum atomic E-state index is 0.488. The average molecular weight is 267 g/mol. The van der Waals surface area contributed by atoms with Gasteiger partial charge in [0.2, 0.25) is 0 Å². The Hall–Kier alpha value is -1.38. The van der Waals surface area contributed by atoms with Gasteiger partial charge in [-0.05, 0) is 24.2 Å². The van der Waals surface area contributed by atoms with E-state index < -0.39 is 0 Å². The molecule has 0 heterocycles. The van der Waals surface area contributed by atoms with Gasteiger partial charge in [-0.3, -0.25) is 0 Å². The van der Waals surface area contributed by atoms with E-state index in [0.29, 0.717) is 5.54 Å². The summed E-state index contributed by atoms with van der Waals surface area (Å²) in [4.78, 5) is 0. The summed E-state index contributed by atoms with van der Waals surface area (Å²) in [5, 5.41) is 0. The van der Waals surface area contributed by atoms with Gasteiger partial charge in [0.1, 0.15) is 0 Å². The maximum atomic E-state index is 2.52. The van der Waals surface area contributed by atoms with E-state index in [-0.39, 0.29) is 0 Å². The minimum Gasteiger partial charge on any atom is -0.325 e. The zero-order chi connectivity index (χ0) is 13.5. The molecule has 0 spiro atoms. The lowest BCUT2D eigenvalue weighted by Crippen LogP contribution is -2.32. The number of benzene rings is 2. The molecular formula is C17H21NSi.